The van der Waals surface area contributed by atoms with Gasteiger partial charge in [-0.1, -0.05) is 23.9 Å². The van der Waals surface area contributed by atoms with E-state index in [4.69, 9.17) is 4.74 Å². The minimum absolute atomic E-state index is 0.116. The molecule has 2 nitrogen and oxygen atoms in total. The van der Waals surface area contributed by atoms with Crippen molar-refractivity contribution in [1.29, 1.82) is 0 Å². The van der Waals surface area contributed by atoms with Gasteiger partial charge in [-0.15, -0.1) is 0 Å². The molecule has 2 aromatic carbocycles. The van der Waals surface area contributed by atoms with Crippen LogP contribution in [0.25, 0.3) is 6.08 Å². The maximum absolute atomic E-state index is 12.4. The van der Waals surface area contributed by atoms with E-state index in [1.54, 1.807) is 18.9 Å². The average Bonchev–Trinajstić information content (AvgIpc) is 2.79. The maximum atomic E-state index is 12.4. The molecule has 0 N–H and O–H groups in total. The zero-order chi connectivity index (χ0) is 15.0. The maximum Gasteiger partial charge on any atom is 0.200 e. The first kappa shape index (κ1) is 14.0. The van der Waals surface area contributed by atoms with Crippen molar-refractivity contribution in [3.8, 4) is 5.75 Å². The Bertz CT molecular complexity index is 737. The fourth-order valence-electron chi connectivity index (χ4n) is 2.55. The Morgan fingerprint density at radius 3 is 2.38 bits per heavy atom. The lowest BCUT2D eigenvalue weighted by Gasteiger charge is -2.09. The predicted molar refractivity (Wildman–Crippen MR) is 87.1 cm³/mol. The fraction of sp³-hybridized carbons (Fsp3) is 0.167. The van der Waals surface area contributed by atoms with Crippen molar-refractivity contribution < 1.29 is 9.53 Å². The Kier molecular flexibility index (Phi) is 3.60. The monoisotopic (exact) mass is 296 g/mol. The summed E-state index contributed by atoms with van der Waals surface area (Å²) in [6, 6.07) is 11.7. The summed E-state index contributed by atoms with van der Waals surface area (Å²) in [6.07, 6.45) is 2.00. The number of Topliss-reactive ketones (excluding diaryl/α,β-unsaturated/α-hetero) is 1. The summed E-state index contributed by atoms with van der Waals surface area (Å²) >= 11 is 1.55. The second-order valence-electron chi connectivity index (χ2n) is 5.11. The predicted octanol–water partition coefficient (Wildman–Crippen LogP) is 4.64. The van der Waals surface area contributed by atoms with E-state index in [-0.39, 0.29) is 5.78 Å². The smallest absolute Gasteiger partial charge is 0.200 e. The van der Waals surface area contributed by atoms with E-state index >= 15 is 0 Å². The van der Waals surface area contributed by atoms with Gasteiger partial charge in [0.2, 0.25) is 5.78 Å². The van der Waals surface area contributed by atoms with Crippen molar-refractivity contribution in [1.82, 2.24) is 0 Å². The molecule has 3 heteroatoms. The van der Waals surface area contributed by atoms with E-state index in [0.29, 0.717) is 0 Å². The second-order valence-corrected chi connectivity index (χ2v) is 6.19. The van der Waals surface area contributed by atoms with Crippen molar-refractivity contribution in [3.63, 3.8) is 0 Å². The lowest BCUT2D eigenvalue weighted by atomic mass is 10.0. The summed E-state index contributed by atoms with van der Waals surface area (Å²) in [4.78, 5) is 14.3. The number of aryl methyl sites for hydroxylation is 2. The molecule has 1 heterocycles. The SMILES string of the molecule is COc1cc(C)c(/C=C2\Sc3ccccc3C2=O)c(C)c1. The molecule has 3 rings (SSSR count). The van der Waals surface area contributed by atoms with Crippen LogP contribution in [0.3, 0.4) is 0 Å². The zero-order valence-corrected chi connectivity index (χ0v) is 13.1. The first-order valence-corrected chi connectivity index (χ1v) is 7.60. The van der Waals surface area contributed by atoms with Gasteiger partial charge in [-0.25, -0.2) is 0 Å². The number of allylic oxidation sites excluding steroid dienone is 1. The molecule has 106 valence electrons. The van der Waals surface area contributed by atoms with Gasteiger partial charge >= 0.3 is 0 Å². The number of hydrogen-bond acceptors (Lipinski definition) is 3. The molecule has 0 atom stereocenters. The normalized spacial score (nSPS) is 15.4. The minimum atomic E-state index is 0.116. The van der Waals surface area contributed by atoms with E-state index < -0.39 is 0 Å². The summed E-state index contributed by atoms with van der Waals surface area (Å²) < 4.78 is 5.28. The molecule has 0 radical (unpaired) electrons. The minimum Gasteiger partial charge on any atom is -0.497 e. The third-order valence-corrected chi connectivity index (χ3v) is 4.75. The number of rotatable bonds is 2. The van der Waals surface area contributed by atoms with Crippen LogP contribution in [-0.2, 0) is 0 Å². The molecule has 0 bridgehead atoms. The van der Waals surface area contributed by atoms with Crippen LogP contribution >= 0.6 is 11.8 Å². The molecule has 0 fully saturated rings. The van der Waals surface area contributed by atoms with Gasteiger partial charge in [-0.3, -0.25) is 4.79 Å². The number of ketones is 1. The van der Waals surface area contributed by atoms with E-state index in [1.165, 1.54) is 0 Å². The number of benzene rings is 2. The molecular formula is C18H16O2S. The molecule has 1 aliphatic heterocycles. The summed E-state index contributed by atoms with van der Waals surface area (Å²) in [7, 11) is 1.67. The van der Waals surface area contributed by atoms with Gasteiger partial charge in [0.05, 0.1) is 12.0 Å². The molecule has 0 saturated carbocycles. The summed E-state index contributed by atoms with van der Waals surface area (Å²) in [5.41, 5.74) is 4.13. The molecule has 21 heavy (non-hydrogen) atoms. The number of carbonyl (C=O) groups excluding carboxylic acids is 1. The molecule has 0 unspecified atom stereocenters. The molecule has 0 aromatic heterocycles. The highest BCUT2D eigenvalue weighted by atomic mass is 32.2. The largest absolute Gasteiger partial charge is 0.497 e. The Morgan fingerprint density at radius 2 is 1.76 bits per heavy atom. The van der Waals surface area contributed by atoms with Gasteiger partial charge in [0.15, 0.2) is 0 Å². The number of fused-ring (bicyclic) bond motifs is 1. The fourth-order valence-corrected chi connectivity index (χ4v) is 3.58. The molecule has 2 aromatic rings. The van der Waals surface area contributed by atoms with E-state index in [0.717, 1.165) is 37.8 Å². The summed E-state index contributed by atoms with van der Waals surface area (Å²) in [6.45, 7) is 4.08. The number of thioether (sulfide) groups is 1. The van der Waals surface area contributed by atoms with Crippen LogP contribution in [-0.4, -0.2) is 12.9 Å². The number of ether oxygens (including phenoxy) is 1. The lowest BCUT2D eigenvalue weighted by Crippen LogP contribution is -1.96. The quantitative estimate of drug-likeness (QED) is 0.755. The molecule has 0 saturated heterocycles. The number of methoxy groups -OCH3 is 1. The van der Waals surface area contributed by atoms with Crippen molar-refractivity contribution in [2.75, 3.05) is 7.11 Å². The first-order chi connectivity index (χ1) is 10.1. The standard InChI is InChI=1S/C18H16O2S/c1-11-8-13(20-3)9-12(2)15(11)10-17-18(19)14-6-4-5-7-16(14)21-17/h4-10H,1-3H3/b17-10-. The van der Waals surface area contributed by atoms with Gasteiger partial charge < -0.3 is 4.74 Å². The number of hydrogen-bond donors (Lipinski definition) is 0. The average molecular weight is 296 g/mol. The number of carbonyl (C=O) groups is 1. The first-order valence-electron chi connectivity index (χ1n) is 6.78. The van der Waals surface area contributed by atoms with Gasteiger partial charge in [-0.05, 0) is 60.9 Å². The zero-order valence-electron chi connectivity index (χ0n) is 12.3. The molecule has 0 amide bonds. The molecule has 0 aliphatic carbocycles. The van der Waals surface area contributed by atoms with Crippen molar-refractivity contribution in [2.45, 2.75) is 18.7 Å². The molecular weight excluding hydrogens is 280 g/mol. The van der Waals surface area contributed by atoms with E-state index in [2.05, 4.69) is 0 Å². The van der Waals surface area contributed by atoms with Crippen LogP contribution < -0.4 is 4.74 Å². The molecule has 1 aliphatic rings. The highest BCUT2D eigenvalue weighted by molar-refractivity contribution is 8.04. The van der Waals surface area contributed by atoms with Crippen molar-refractivity contribution >= 4 is 23.6 Å². The van der Waals surface area contributed by atoms with Crippen LogP contribution in [0.15, 0.2) is 46.2 Å². The van der Waals surface area contributed by atoms with Crippen LogP contribution in [0.2, 0.25) is 0 Å². The van der Waals surface area contributed by atoms with Crippen molar-refractivity contribution in [2.24, 2.45) is 0 Å². The van der Waals surface area contributed by atoms with Gasteiger partial charge in [-0.2, -0.15) is 0 Å². The Labute approximate surface area is 128 Å². The summed E-state index contributed by atoms with van der Waals surface area (Å²) in [5.74, 6) is 0.964. The highest BCUT2D eigenvalue weighted by Crippen LogP contribution is 2.41. The Hall–Kier alpha value is -2.00. The van der Waals surface area contributed by atoms with Gasteiger partial charge in [0.1, 0.15) is 5.75 Å². The Balaban J connectivity index is 2.03. The lowest BCUT2D eigenvalue weighted by molar-refractivity contribution is 0.104. The van der Waals surface area contributed by atoms with E-state index in [1.807, 2.05) is 56.3 Å². The highest BCUT2D eigenvalue weighted by Gasteiger charge is 2.25. The van der Waals surface area contributed by atoms with Crippen molar-refractivity contribution in [3.05, 3.63) is 63.6 Å². The van der Waals surface area contributed by atoms with Gasteiger partial charge in [0, 0.05) is 10.5 Å². The third kappa shape index (κ3) is 2.49. The third-order valence-electron chi connectivity index (χ3n) is 3.65. The Morgan fingerprint density at radius 1 is 1.10 bits per heavy atom. The van der Waals surface area contributed by atoms with Crippen LogP contribution in [0.5, 0.6) is 5.75 Å². The van der Waals surface area contributed by atoms with Crippen LogP contribution in [0.1, 0.15) is 27.0 Å². The van der Waals surface area contributed by atoms with Crippen LogP contribution in [0.4, 0.5) is 0 Å². The second kappa shape index (κ2) is 5.41. The van der Waals surface area contributed by atoms with Crippen LogP contribution in [0, 0.1) is 13.8 Å². The van der Waals surface area contributed by atoms with E-state index in [9.17, 15) is 4.79 Å². The topological polar surface area (TPSA) is 26.3 Å². The van der Waals surface area contributed by atoms with Gasteiger partial charge in [0.25, 0.3) is 0 Å². The summed E-state index contributed by atoms with van der Waals surface area (Å²) in [5, 5.41) is 0. The molecule has 0 spiro atoms.